The molecule has 5 nitrogen and oxygen atoms in total. The van der Waals surface area contributed by atoms with Crippen LogP contribution in [-0.4, -0.2) is 32.6 Å². The van der Waals surface area contributed by atoms with Crippen molar-refractivity contribution in [3.63, 3.8) is 0 Å². The number of carboxylic acid groups (broad SMARTS) is 1. The minimum Gasteiger partial charge on any atom is -0.481 e. The van der Waals surface area contributed by atoms with Crippen molar-refractivity contribution < 1.29 is 9.90 Å². The Morgan fingerprint density at radius 2 is 2.10 bits per heavy atom. The van der Waals surface area contributed by atoms with Crippen LogP contribution in [0.5, 0.6) is 0 Å². The number of benzene rings is 1. The number of aromatic nitrogens is 2. The number of hydrogen-bond donors (Lipinski definition) is 1. The average molecular weight is 308 g/mol. The van der Waals surface area contributed by atoms with Crippen molar-refractivity contribution in [2.75, 3.05) is 12.0 Å². The Morgan fingerprint density at radius 3 is 2.80 bits per heavy atom. The van der Waals surface area contributed by atoms with E-state index in [9.17, 15) is 9.59 Å². The molecule has 0 saturated carbocycles. The van der Waals surface area contributed by atoms with Crippen LogP contribution >= 0.6 is 23.5 Å². The van der Waals surface area contributed by atoms with Crippen LogP contribution in [0.3, 0.4) is 0 Å². The third-order valence-electron chi connectivity index (χ3n) is 2.45. The molecular weight excluding hydrogens is 296 g/mol. The Labute approximate surface area is 124 Å². The van der Waals surface area contributed by atoms with Crippen molar-refractivity contribution in [2.45, 2.75) is 10.1 Å². The third kappa shape index (κ3) is 3.43. The molecule has 0 amide bonds. The van der Waals surface area contributed by atoms with Gasteiger partial charge in [-0.15, -0.1) is 11.8 Å². The number of carbonyl (C=O) groups is 1. The van der Waals surface area contributed by atoms with Gasteiger partial charge in [0.2, 0.25) is 0 Å². The second-order valence-electron chi connectivity index (χ2n) is 3.77. The Balaban J connectivity index is 2.50. The van der Waals surface area contributed by atoms with Crippen molar-refractivity contribution in [1.29, 1.82) is 0 Å². The fourth-order valence-electron chi connectivity index (χ4n) is 1.63. The lowest BCUT2D eigenvalue weighted by molar-refractivity contribution is -0.133. The van der Waals surface area contributed by atoms with Crippen molar-refractivity contribution >= 4 is 29.5 Å². The summed E-state index contributed by atoms with van der Waals surface area (Å²) in [6.07, 6.45) is 3.58. The lowest BCUT2D eigenvalue weighted by Gasteiger charge is -2.13. The molecule has 0 aliphatic carbocycles. The van der Waals surface area contributed by atoms with E-state index in [0.717, 1.165) is 22.3 Å². The molecule has 0 saturated heterocycles. The van der Waals surface area contributed by atoms with Gasteiger partial charge in [0.1, 0.15) is 0 Å². The second kappa shape index (κ2) is 6.62. The number of carboxylic acids is 1. The first kappa shape index (κ1) is 14.7. The fraction of sp³-hybridized carbons (Fsp3) is 0.154. The fourth-order valence-corrected chi connectivity index (χ4v) is 2.92. The zero-order chi connectivity index (χ0) is 14.5. The summed E-state index contributed by atoms with van der Waals surface area (Å²) in [5.41, 5.74) is 0.496. The number of aliphatic carboxylic acids is 1. The monoisotopic (exact) mass is 308 g/mol. The first-order valence-electron chi connectivity index (χ1n) is 5.69. The topological polar surface area (TPSA) is 72.2 Å². The predicted molar refractivity (Wildman–Crippen MR) is 80.0 cm³/mol. The highest BCUT2D eigenvalue weighted by atomic mass is 32.2. The molecule has 2 aromatic rings. The summed E-state index contributed by atoms with van der Waals surface area (Å²) in [4.78, 5) is 27.0. The van der Waals surface area contributed by atoms with Crippen LogP contribution in [0.25, 0.3) is 5.69 Å². The third-order valence-corrected chi connectivity index (χ3v) is 4.17. The summed E-state index contributed by atoms with van der Waals surface area (Å²) in [7, 11) is 0. The van der Waals surface area contributed by atoms with Gasteiger partial charge < -0.3 is 5.11 Å². The molecule has 1 aromatic heterocycles. The highest BCUT2D eigenvalue weighted by Gasteiger charge is 2.10. The lowest BCUT2D eigenvalue weighted by atomic mass is 10.3. The molecule has 0 aliphatic rings. The maximum absolute atomic E-state index is 11.4. The first-order chi connectivity index (χ1) is 9.61. The summed E-state index contributed by atoms with van der Waals surface area (Å²) >= 11 is 2.60. The number of rotatable bonds is 5. The molecule has 1 heterocycles. The molecule has 7 heteroatoms. The van der Waals surface area contributed by atoms with E-state index in [1.807, 2.05) is 30.5 Å². The van der Waals surface area contributed by atoms with Crippen molar-refractivity contribution in [2.24, 2.45) is 0 Å². The smallest absolute Gasteiger partial charge is 0.313 e. The summed E-state index contributed by atoms with van der Waals surface area (Å²) in [5.74, 6) is -1.09. The maximum atomic E-state index is 11.4. The molecule has 20 heavy (non-hydrogen) atoms. The van der Waals surface area contributed by atoms with Crippen molar-refractivity contribution in [3.05, 3.63) is 46.9 Å². The molecule has 0 spiro atoms. The van der Waals surface area contributed by atoms with E-state index in [0.29, 0.717) is 5.16 Å². The molecule has 1 N–H and O–H groups in total. The van der Waals surface area contributed by atoms with Crippen LogP contribution in [0, 0.1) is 0 Å². The minimum atomic E-state index is -0.946. The van der Waals surface area contributed by atoms with Gasteiger partial charge in [-0.1, -0.05) is 23.9 Å². The SMILES string of the molecule is CSc1ccccc1-n1ccc(=O)nc1SCC(=O)O. The quantitative estimate of drug-likeness (QED) is 0.674. The summed E-state index contributed by atoms with van der Waals surface area (Å²) < 4.78 is 1.74. The normalized spacial score (nSPS) is 10.4. The molecular formula is C13H12N2O3S2. The first-order valence-corrected chi connectivity index (χ1v) is 7.90. The van der Waals surface area contributed by atoms with Gasteiger partial charge in [-0.3, -0.25) is 14.2 Å². The molecule has 0 unspecified atom stereocenters. The average Bonchev–Trinajstić information content (AvgIpc) is 2.45. The van der Waals surface area contributed by atoms with E-state index >= 15 is 0 Å². The Morgan fingerprint density at radius 1 is 1.35 bits per heavy atom. The Kier molecular flexibility index (Phi) is 4.86. The van der Waals surface area contributed by atoms with Crippen LogP contribution in [0.15, 0.2) is 51.4 Å². The molecule has 0 fully saturated rings. The van der Waals surface area contributed by atoms with Gasteiger partial charge in [0.25, 0.3) is 5.56 Å². The van der Waals surface area contributed by atoms with Gasteiger partial charge in [-0.05, 0) is 18.4 Å². The highest BCUT2D eigenvalue weighted by Crippen LogP contribution is 2.26. The zero-order valence-electron chi connectivity index (χ0n) is 10.6. The molecule has 0 aliphatic heterocycles. The van der Waals surface area contributed by atoms with E-state index < -0.39 is 5.97 Å². The van der Waals surface area contributed by atoms with Gasteiger partial charge in [0.05, 0.1) is 11.4 Å². The minimum absolute atomic E-state index is 0.141. The maximum Gasteiger partial charge on any atom is 0.313 e. The number of para-hydroxylation sites is 1. The Bertz CT molecular complexity index is 685. The molecule has 2 rings (SSSR count). The molecule has 0 radical (unpaired) electrons. The van der Waals surface area contributed by atoms with E-state index in [-0.39, 0.29) is 11.3 Å². The van der Waals surface area contributed by atoms with Crippen LogP contribution in [0.2, 0.25) is 0 Å². The summed E-state index contributed by atoms with van der Waals surface area (Å²) in [6, 6.07) is 9.04. The van der Waals surface area contributed by atoms with Crippen LogP contribution in [-0.2, 0) is 4.79 Å². The van der Waals surface area contributed by atoms with E-state index in [4.69, 9.17) is 5.11 Å². The van der Waals surface area contributed by atoms with Crippen molar-refractivity contribution in [1.82, 2.24) is 9.55 Å². The van der Waals surface area contributed by atoms with Gasteiger partial charge in [-0.25, -0.2) is 0 Å². The Hall–Kier alpha value is -1.73. The van der Waals surface area contributed by atoms with Gasteiger partial charge in [0.15, 0.2) is 5.16 Å². The van der Waals surface area contributed by atoms with Crippen LogP contribution < -0.4 is 5.56 Å². The van der Waals surface area contributed by atoms with Crippen molar-refractivity contribution in [3.8, 4) is 5.69 Å². The second-order valence-corrected chi connectivity index (χ2v) is 5.56. The molecule has 1 aromatic carbocycles. The summed E-state index contributed by atoms with van der Waals surface area (Å²) in [6.45, 7) is 0. The zero-order valence-corrected chi connectivity index (χ0v) is 12.3. The van der Waals surface area contributed by atoms with Gasteiger partial charge >= 0.3 is 5.97 Å². The van der Waals surface area contributed by atoms with Crippen LogP contribution in [0.4, 0.5) is 0 Å². The largest absolute Gasteiger partial charge is 0.481 e. The highest BCUT2D eigenvalue weighted by molar-refractivity contribution is 7.99. The number of hydrogen-bond acceptors (Lipinski definition) is 5. The predicted octanol–water partition coefficient (Wildman–Crippen LogP) is 2.13. The van der Waals surface area contributed by atoms with E-state index in [1.165, 1.54) is 6.07 Å². The van der Waals surface area contributed by atoms with Crippen LogP contribution in [0.1, 0.15) is 0 Å². The molecule has 0 bridgehead atoms. The number of nitrogens with zero attached hydrogens (tertiary/aromatic N) is 2. The lowest BCUT2D eigenvalue weighted by Crippen LogP contribution is -2.13. The summed E-state index contributed by atoms with van der Waals surface area (Å²) in [5, 5.41) is 9.14. The number of thioether (sulfide) groups is 2. The van der Waals surface area contributed by atoms with Gasteiger partial charge in [0, 0.05) is 17.2 Å². The molecule has 0 atom stereocenters. The van der Waals surface area contributed by atoms with E-state index in [2.05, 4.69) is 4.98 Å². The molecule has 104 valence electrons. The van der Waals surface area contributed by atoms with E-state index in [1.54, 1.807) is 22.5 Å². The van der Waals surface area contributed by atoms with Gasteiger partial charge in [-0.2, -0.15) is 4.98 Å². The standard InChI is InChI=1S/C13H12N2O3S2/c1-19-10-5-3-2-4-9(10)15-7-6-11(16)14-13(15)20-8-12(17)18/h2-7H,8H2,1H3,(H,17,18).